The van der Waals surface area contributed by atoms with Crippen molar-refractivity contribution in [2.24, 2.45) is 0 Å². The molecule has 1 atom stereocenters. The van der Waals surface area contributed by atoms with Crippen molar-refractivity contribution in [3.8, 4) is 0 Å². The molecule has 1 heterocycles. The third kappa shape index (κ3) is 6.01. The second-order valence-corrected chi connectivity index (χ2v) is 5.90. The van der Waals surface area contributed by atoms with Crippen molar-refractivity contribution in [1.82, 2.24) is 10.6 Å². The molecule has 1 unspecified atom stereocenters. The Labute approximate surface area is 148 Å². The van der Waals surface area contributed by atoms with E-state index in [4.69, 9.17) is 11.6 Å². The zero-order chi connectivity index (χ0) is 15.9. The summed E-state index contributed by atoms with van der Waals surface area (Å²) >= 11 is 6.13. The highest BCUT2D eigenvalue weighted by Crippen LogP contribution is 2.21. The van der Waals surface area contributed by atoms with Crippen LogP contribution in [0.15, 0.2) is 18.2 Å². The summed E-state index contributed by atoms with van der Waals surface area (Å²) in [7, 11) is 0. The van der Waals surface area contributed by atoms with Gasteiger partial charge in [0.15, 0.2) is 0 Å². The molecule has 1 aliphatic rings. The van der Waals surface area contributed by atoms with Crippen molar-refractivity contribution in [2.45, 2.75) is 38.6 Å². The van der Waals surface area contributed by atoms with Crippen LogP contribution < -0.4 is 16.0 Å². The van der Waals surface area contributed by atoms with E-state index in [-0.39, 0.29) is 30.3 Å². The van der Waals surface area contributed by atoms with E-state index in [1.807, 2.05) is 6.92 Å². The summed E-state index contributed by atoms with van der Waals surface area (Å²) in [6.07, 6.45) is 3.47. The second kappa shape index (κ2) is 9.75. The highest BCUT2D eigenvalue weighted by Gasteiger charge is 2.18. The van der Waals surface area contributed by atoms with Gasteiger partial charge >= 0.3 is 0 Å². The zero-order valence-electron chi connectivity index (χ0n) is 13.2. The second-order valence-electron chi connectivity index (χ2n) is 5.50. The highest BCUT2D eigenvalue weighted by atomic mass is 35.5. The van der Waals surface area contributed by atoms with Crippen molar-refractivity contribution in [2.75, 3.05) is 18.4 Å². The summed E-state index contributed by atoms with van der Waals surface area (Å²) in [6, 6.07) is 5.21. The minimum atomic E-state index is -0.195. The topological polar surface area (TPSA) is 70.2 Å². The lowest BCUT2D eigenvalue weighted by molar-refractivity contribution is -0.116. The Kier molecular flexibility index (Phi) is 8.37. The first kappa shape index (κ1) is 19.7. The van der Waals surface area contributed by atoms with E-state index >= 15 is 0 Å². The van der Waals surface area contributed by atoms with Crippen molar-refractivity contribution < 1.29 is 9.59 Å². The highest BCUT2D eigenvalue weighted by molar-refractivity contribution is 6.34. The first-order valence-electron chi connectivity index (χ1n) is 7.71. The van der Waals surface area contributed by atoms with Crippen LogP contribution in [0.3, 0.4) is 0 Å². The Morgan fingerprint density at radius 1 is 1.39 bits per heavy atom. The number of hydrogen-bond donors (Lipinski definition) is 3. The molecule has 0 spiro atoms. The van der Waals surface area contributed by atoms with Crippen molar-refractivity contribution >= 4 is 41.5 Å². The van der Waals surface area contributed by atoms with E-state index in [0.29, 0.717) is 29.2 Å². The van der Waals surface area contributed by atoms with Crippen LogP contribution in [0.2, 0.25) is 5.02 Å². The van der Waals surface area contributed by atoms with E-state index in [2.05, 4.69) is 16.0 Å². The number of anilines is 1. The van der Waals surface area contributed by atoms with Crippen molar-refractivity contribution in [3.05, 3.63) is 28.8 Å². The Bertz CT molecular complexity index is 546. The molecule has 0 aromatic heterocycles. The first-order chi connectivity index (χ1) is 10.6. The summed E-state index contributed by atoms with van der Waals surface area (Å²) in [6.45, 7) is 3.58. The number of benzene rings is 1. The number of hydrogen-bond acceptors (Lipinski definition) is 3. The quantitative estimate of drug-likeness (QED) is 0.731. The number of nitrogens with one attached hydrogen (secondary N) is 3. The van der Waals surface area contributed by atoms with Crippen molar-refractivity contribution in [1.29, 1.82) is 0 Å². The van der Waals surface area contributed by atoms with Gasteiger partial charge in [-0.25, -0.2) is 0 Å². The molecule has 0 saturated carbocycles. The van der Waals surface area contributed by atoms with Gasteiger partial charge in [0.2, 0.25) is 5.91 Å². The van der Waals surface area contributed by atoms with Gasteiger partial charge in [0.1, 0.15) is 0 Å². The van der Waals surface area contributed by atoms with Gasteiger partial charge in [-0.3, -0.25) is 9.59 Å². The Balaban J connectivity index is 0.00000264. The number of carbonyl (C=O) groups excluding carboxylic acids is 2. The fraction of sp³-hybridized carbons (Fsp3) is 0.500. The number of rotatable bonds is 6. The zero-order valence-corrected chi connectivity index (χ0v) is 14.7. The fourth-order valence-corrected chi connectivity index (χ4v) is 2.74. The molecule has 0 aliphatic carbocycles. The van der Waals surface area contributed by atoms with Crippen LogP contribution in [0, 0.1) is 0 Å². The van der Waals surface area contributed by atoms with Gasteiger partial charge in [-0.05, 0) is 44.0 Å². The maximum atomic E-state index is 12.0. The lowest BCUT2D eigenvalue weighted by atomic mass is 10.1. The van der Waals surface area contributed by atoms with Crippen LogP contribution in [-0.2, 0) is 4.79 Å². The molecule has 128 valence electrons. The van der Waals surface area contributed by atoms with E-state index < -0.39 is 0 Å². The largest absolute Gasteiger partial charge is 0.352 e. The molecule has 3 N–H and O–H groups in total. The first-order valence-corrected chi connectivity index (χ1v) is 8.09. The van der Waals surface area contributed by atoms with Crippen LogP contribution in [0.5, 0.6) is 0 Å². The number of amides is 2. The van der Waals surface area contributed by atoms with Crippen molar-refractivity contribution in [3.63, 3.8) is 0 Å². The Morgan fingerprint density at radius 2 is 2.17 bits per heavy atom. The molecular weight excluding hydrogens is 337 g/mol. The van der Waals surface area contributed by atoms with Crippen LogP contribution in [0.4, 0.5) is 5.69 Å². The van der Waals surface area contributed by atoms with Gasteiger partial charge in [-0.1, -0.05) is 18.5 Å². The van der Waals surface area contributed by atoms with Gasteiger partial charge in [0.25, 0.3) is 5.91 Å². The van der Waals surface area contributed by atoms with Crippen LogP contribution in [0.1, 0.15) is 43.0 Å². The molecule has 0 bridgehead atoms. The summed E-state index contributed by atoms with van der Waals surface area (Å²) in [5.74, 6) is -0.237. The minimum Gasteiger partial charge on any atom is -0.352 e. The molecule has 5 nitrogen and oxygen atoms in total. The van der Waals surface area contributed by atoms with E-state index in [9.17, 15) is 9.59 Å². The Hall–Kier alpha value is -1.30. The van der Waals surface area contributed by atoms with E-state index in [1.54, 1.807) is 18.2 Å². The maximum absolute atomic E-state index is 12.0. The van der Waals surface area contributed by atoms with Crippen LogP contribution in [-0.4, -0.2) is 30.9 Å². The number of carbonyl (C=O) groups is 2. The molecule has 1 fully saturated rings. The summed E-state index contributed by atoms with van der Waals surface area (Å²) in [5, 5.41) is 9.23. The molecule has 1 aromatic carbocycles. The van der Waals surface area contributed by atoms with Gasteiger partial charge in [0.05, 0.1) is 10.6 Å². The third-order valence-corrected chi connectivity index (χ3v) is 3.94. The minimum absolute atomic E-state index is 0. The summed E-state index contributed by atoms with van der Waals surface area (Å²) in [5.41, 5.74) is 1.03. The third-order valence-electron chi connectivity index (χ3n) is 3.63. The summed E-state index contributed by atoms with van der Waals surface area (Å²) < 4.78 is 0. The van der Waals surface area contributed by atoms with E-state index in [0.717, 1.165) is 25.8 Å². The maximum Gasteiger partial charge on any atom is 0.252 e. The lowest BCUT2D eigenvalue weighted by Gasteiger charge is -2.12. The van der Waals surface area contributed by atoms with Gasteiger partial charge < -0.3 is 16.0 Å². The average molecular weight is 360 g/mol. The fourth-order valence-electron chi connectivity index (χ4n) is 2.48. The van der Waals surface area contributed by atoms with Crippen LogP contribution >= 0.6 is 24.0 Å². The average Bonchev–Trinajstić information content (AvgIpc) is 2.97. The number of halogens is 2. The lowest BCUT2D eigenvalue weighted by Crippen LogP contribution is -2.27. The van der Waals surface area contributed by atoms with Gasteiger partial charge in [-0.15, -0.1) is 12.4 Å². The molecular formula is C16H23Cl2N3O2. The van der Waals surface area contributed by atoms with Gasteiger partial charge in [-0.2, -0.15) is 0 Å². The smallest absolute Gasteiger partial charge is 0.252 e. The molecule has 2 amide bonds. The molecule has 0 radical (unpaired) electrons. The summed E-state index contributed by atoms with van der Waals surface area (Å²) in [4.78, 5) is 23.9. The molecule has 7 heteroatoms. The molecule has 1 aliphatic heterocycles. The molecule has 1 aromatic rings. The predicted molar refractivity (Wildman–Crippen MR) is 95.6 cm³/mol. The molecule has 2 rings (SSSR count). The monoisotopic (exact) mass is 359 g/mol. The van der Waals surface area contributed by atoms with Gasteiger partial charge in [0, 0.05) is 24.7 Å². The van der Waals surface area contributed by atoms with Crippen LogP contribution in [0.25, 0.3) is 0 Å². The Morgan fingerprint density at radius 3 is 2.78 bits per heavy atom. The molecule has 1 saturated heterocycles. The van der Waals surface area contributed by atoms with E-state index in [1.165, 1.54) is 0 Å². The SMILES string of the molecule is CCCNC(=O)c1ccc(NC(=O)CC2CCCN2)cc1Cl.Cl. The predicted octanol–water partition coefficient (Wildman–Crippen LogP) is 2.98. The standard InChI is InChI=1S/C16H22ClN3O2.ClH/c1-2-7-19-16(22)13-6-5-12(9-14(13)17)20-15(21)10-11-4-3-8-18-11;/h5-6,9,11,18H,2-4,7-8,10H2,1H3,(H,19,22)(H,20,21);1H. The normalized spacial score (nSPS) is 16.5. The molecule has 23 heavy (non-hydrogen) atoms.